The van der Waals surface area contributed by atoms with Crippen LogP contribution < -0.4 is 0 Å². The zero-order valence-electron chi connectivity index (χ0n) is 9.41. The van der Waals surface area contributed by atoms with Crippen LogP contribution in [-0.2, 0) is 4.79 Å². The highest BCUT2D eigenvalue weighted by Gasteiger charge is 2.14. The van der Waals surface area contributed by atoms with Gasteiger partial charge in [-0.25, -0.2) is 0 Å². The van der Waals surface area contributed by atoms with Crippen molar-refractivity contribution in [3.63, 3.8) is 0 Å². The van der Waals surface area contributed by atoms with E-state index in [0.717, 1.165) is 36.0 Å². The van der Waals surface area contributed by atoms with Gasteiger partial charge in [-0.15, -0.1) is 0 Å². The maximum atomic E-state index is 11.7. The Morgan fingerprint density at radius 2 is 1.75 bits per heavy atom. The van der Waals surface area contributed by atoms with Crippen molar-refractivity contribution in [1.29, 1.82) is 0 Å². The van der Waals surface area contributed by atoms with Gasteiger partial charge in [0.2, 0.25) is 0 Å². The smallest absolute Gasteiger partial charge is 0.158 e. The zero-order chi connectivity index (χ0) is 11.4. The lowest BCUT2D eigenvalue weighted by molar-refractivity contribution is -0.116. The van der Waals surface area contributed by atoms with E-state index in [2.05, 4.69) is 6.58 Å². The lowest BCUT2D eigenvalue weighted by Crippen LogP contribution is -2.08. The summed E-state index contributed by atoms with van der Waals surface area (Å²) >= 11 is 0. The summed E-state index contributed by atoms with van der Waals surface area (Å²) in [5.41, 5.74) is 3.16. The predicted molar refractivity (Wildman–Crippen MR) is 68.0 cm³/mol. The van der Waals surface area contributed by atoms with Gasteiger partial charge in [0.25, 0.3) is 0 Å². The van der Waals surface area contributed by atoms with Gasteiger partial charge in [-0.3, -0.25) is 4.79 Å². The van der Waals surface area contributed by atoms with E-state index in [9.17, 15) is 4.79 Å². The molecule has 0 aliphatic heterocycles. The predicted octanol–water partition coefficient (Wildman–Crippen LogP) is 3.86. The number of hydrogen-bond donors (Lipinski definition) is 0. The number of hydrogen-bond acceptors (Lipinski definition) is 1. The molecule has 1 aromatic rings. The summed E-state index contributed by atoms with van der Waals surface area (Å²) in [6, 6.07) is 8.03. The molecule has 0 radical (unpaired) electrons. The lowest BCUT2D eigenvalue weighted by Gasteiger charge is -2.13. The van der Waals surface area contributed by atoms with Crippen molar-refractivity contribution in [3.8, 4) is 0 Å². The molecule has 16 heavy (non-hydrogen) atoms. The summed E-state index contributed by atoms with van der Waals surface area (Å²) in [5.74, 6) is 0.310. The standard InChI is InChI=1S/C15H16O/c1-2-12-7-3-4-8-13(12)11-14-9-5-6-10-15(14)16/h2-4,7-8,11H,1,5-6,9-10H2/b14-11-. The first kappa shape index (κ1) is 10.9. The molecule has 1 nitrogen and oxygen atoms in total. The number of Topliss-reactive ketones (excluding diaryl/α,β-unsaturated/α-hetero) is 1. The summed E-state index contributed by atoms with van der Waals surface area (Å²) < 4.78 is 0. The molecular formula is C15H16O. The molecule has 1 heteroatoms. The highest BCUT2D eigenvalue weighted by atomic mass is 16.1. The third-order valence-electron chi connectivity index (χ3n) is 3.00. The molecule has 1 fully saturated rings. The highest BCUT2D eigenvalue weighted by molar-refractivity contribution is 6.00. The van der Waals surface area contributed by atoms with E-state index < -0.39 is 0 Å². The summed E-state index contributed by atoms with van der Waals surface area (Å²) in [6.45, 7) is 3.79. The minimum atomic E-state index is 0.310. The Kier molecular flexibility index (Phi) is 3.35. The normalized spacial score (nSPS) is 18.8. The largest absolute Gasteiger partial charge is 0.295 e. The molecule has 82 valence electrons. The van der Waals surface area contributed by atoms with Crippen molar-refractivity contribution in [2.75, 3.05) is 0 Å². The van der Waals surface area contributed by atoms with E-state index in [1.165, 1.54) is 0 Å². The molecule has 0 unspecified atom stereocenters. The molecule has 0 heterocycles. The molecule has 0 N–H and O–H groups in total. The lowest BCUT2D eigenvalue weighted by atomic mass is 9.91. The van der Waals surface area contributed by atoms with Crippen molar-refractivity contribution >= 4 is 17.9 Å². The van der Waals surface area contributed by atoms with Crippen molar-refractivity contribution in [2.45, 2.75) is 25.7 Å². The minimum absolute atomic E-state index is 0.310. The Morgan fingerprint density at radius 1 is 1.06 bits per heavy atom. The van der Waals surface area contributed by atoms with Crippen molar-refractivity contribution in [3.05, 3.63) is 47.5 Å². The Hall–Kier alpha value is -1.63. The van der Waals surface area contributed by atoms with E-state index >= 15 is 0 Å². The van der Waals surface area contributed by atoms with E-state index in [-0.39, 0.29) is 0 Å². The molecule has 2 rings (SSSR count). The second-order valence-corrected chi connectivity index (χ2v) is 4.13. The number of benzene rings is 1. The van der Waals surface area contributed by atoms with Crippen molar-refractivity contribution in [2.24, 2.45) is 0 Å². The van der Waals surface area contributed by atoms with Crippen LogP contribution in [0.4, 0.5) is 0 Å². The fraction of sp³-hybridized carbons (Fsp3) is 0.267. The number of carbonyl (C=O) groups is 1. The molecule has 0 atom stereocenters. The zero-order valence-corrected chi connectivity index (χ0v) is 9.41. The van der Waals surface area contributed by atoms with Gasteiger partial charge in [0.1, 0.15) is 0 Å². The molecule has 0 saturated heterocycles. The Bertz CT molecular complexity index is 441. The molecule has 1 saturated carbocycles. The second kappa shape index (κ2) is 4.93. The fourth-order valence-corrected chi connectivity index (χ4v) is 2.07. The van der Waals surface area contributed by atoms with Gasteiger partial charge in [-0.1, -0.05) is 36.9 Å². The molecule has 1 aromatic carbocycles. The van der Waals surface area contributed by atoms with Crippen LogP contribution in [0, 0.1) is 0 Å². The van der Waals surface area contributed by atoms with Crippen molar-refractivity contribution in [1.82, 2.24) is 0 Å². The highest BCUT2D eigenvalue weighted by Crippen LogP contribution is 2.23. The quantitative estimate of drug-likeness (QED) is 0.680. The van der Waals surface area contributed by atoms with Gasteiger partial charge in [0, 0.05) is 6.42 Å². The molecule has 0 aromatic heterocycles. The van der Waals surface area contributed by atoms with E-state index in [4.69, 9.17) is 0 Å². The van der Waals surface area contributed by atoms with Crippen LogP contribution in [0.3, 0.4) is 0 Å². The second-order valence-electron chi connectivity index (χ2n) is 4.13. The van der Waals surface area contributed by atoms with Gasteiger partial charge in [-0.2, -0.15) is 0 Å². The van der Waals surface area contributed by atoms with Crippen LogP contribution >= 0.6 is 0 Å². The van der Waals surface area contributed by atoms with Gasteiger partial charge in [-0.05, 0) is 42.0 Å². The first-order valence-electron chi connectivity index (χ1n) is 5.76. The van der Waals surface area contributed by atoms with Crippen LogP contribution in [0.15, 0.2) is 36.4 Å². The van der Waals surface area contributed by atoms with Gasteiger partial charge in [0.15, 0.2) is 5.78 Å². The first-order valence-corrected chi connectivity index (χ1v) is 5.76. The molecule has 1 aliphatic rings. The van der Waals surface area contributed by atoms with Crippen LogP contribution in [-0.4, -0.2) is 5.78 Å². The average molecular weight is 212 g/mol. The third-order valence-corrected chi connectivity index (χ3v) is 3.00. The topological polar surface area (TPSA) is 17.1 Å². The van der Waals surface area contributed by atoms with E-state index in [0.29, 0.717) is 12.2 Å². The molecule has 0 amide bonds. The SMILES string of the molecule is C=Cc1ccccc1/C=C1/CCCCC1=O. The minimum Gasteiger partial charge on any atom is -0.295 e. The van der Waals surface area contributed by atoms with E-state index in [1.807, 2.05) is 36.4 Å². The first-order chi connectivity index (χ1) is 7.81. The third kappa shape index (κ3) is 2.30. The number of allylic oxidation sites excluding steroid dienone is 1. The van der Waals surface area contributed by atoms with Crippen LogP contribution in [0.25, 0.3) is 12.2 Å². The summed E-state index contributed by atoms with van der Waals surface area (Å²) in [7, 11) is 0. The van der Waals surface area contributed by atoms with E-state index in [1.54, 1.807) is 0 Å². The maximum Gasteiger partial charge on any atom is 0.158 e. The fourth-order valence-electron chi connectivity index (χ4n) is 2.07. The number of rotatable bonds is 2. The monoisotopic (exact) mass is 212 g/mol. The maximum absolute atomic E-state index is 11.7. The van der Waals surface area contributed by atoms with Crippen LogP contribution in [0.1, 0.15) is 36.8 Å². The summed E-state index contributed by atoms with van der Waals surface area (Å²) in [4.78, 5) is 11.7. The van der Waals surface area contributed by atoms with Gasteiger partial charge in [0.05, 0.1) is 0 Å². The Labute approximate surface area is 96.5 Å². The average Bonchev–Trinajstić information content (AvgIpc) is 2.33. The van der Waals surface area contributed by atoms with Crippen LogP contribution in [0.5, 0.6) is 0 Å². The number of carbonyl (C=O) groups excluding carboxylic acids is 1. The molecule has 1 aliphatic carbocycles. The van der Waals surface area contributed by atoms with Crippen molar-refractivity contribution < 1.29 is 4.79 Å². The molecule has 0 spiro atoms. The van der Waals surface area contributed by atoms with Gasteiger partial charge >= 0.3 is 0 Å². The summed E-state index contributed by atoms with van der Waals surface area (Å²) in [5, 5.41) is 0. The Balaban J connectivity index is 2.34. The molecular weight excluding hydrogens is 196 g/mol. The summed E-state index contributed by atoms with van der Waals surface area (Å²) in [6.07, 6.45) is 7.66. The van der Waals surface area contributed by atoms with Gasteiger partial charge < -0.3 is 0 Å². The molecule has 0 bridgehead atoms. The number of ketones is 1. The Morgan fingerprint density at radius 3 is 2.44 bits per heavy atom. The van der Waals surface area contributed by atoms with Crippen LogP contribution in [0.2, 0.25) is 0 Å².